The molecule has 0 saturated heterocycles. The van der Waals surface area contributed by atoms with E-state index < -0.39 is 5.60 Å². The molecule has 1 heterocycles. The first-order chi connectivity index (χ1) is 12.8. The van der Waals surface area contributed by atoms with E-state index in [4.69, 9.17) is 0 Å². The number of hydrogen-bond acceptors (Lipinski definition) is 3. The van der Waals surface area contributed by atoms with Gasteiger partial charge in [0.1, 0.15) is 17.1 Å². The average Bonchev–Trinajstić information content (AvgIpc) is 2.74. The Balaban J connectivity index is 0.000000300. The molecule has 0 amide bonds. The second-order valence-electron chi connectivity index (χ2n) is 9.95. The summed E-state index contributed by atoms with van der Waals surface area (Å²) in [5.41, 5.74) is 1.14. The first-order valence-corrected chi connectivity index (χ1v) is 10.2. The van der Waals surface area contributed by atoms with E-state index in [1.807, 2.05) is 17.6 Å². The molecule has 28 heavy (non-hydrogen) atoms. The van der Waals surface area contributed by atoms with E-state index in [1.54, 1.807) is 26.8 Å². The lowest BCUT2D eigenvalue weighted by atomic mass is 9.91. The number of aromatic nitrogens is 2. The third-order valence-corrected chi connectivity index (χ3v) is 4.89. The highest BCUT2D eigenvalue weighted by Crippen LogP contribution is 2.37. The van der Waals surface area contributed by atoms with Crippen LogP contribution in [-0.2, 0) is 11.2 Å². The Hall–Kier alpha value is -1.75. The summed E-state index contributed by atoms with van der Waals surface area (Å²) in [6.07, 6.45) is 4.40. The van der Waals surface area contributed by atoms with Crippen LogP contribution in [0.1, 0.15) is 84.7 Å². The second-order valence-corrected chi connectivity index (χ2v) is 9.95. The number of nitrogens with zero attached hydrogens (tertiary/aromatic N) is 2. The zero-order valence-corrected chi connectivity index (χ0v) is 18.4. The minimum atomic E-state index is -0.912. The topological polar surface area (TPSA) is 55.1 Å². The van der Waals surface area contributed by atoms with Crippen molar-refractivity contribution in [2.45, 2.75) is 92.2 Å². The fourth-order valence-electron chi connectivity index (χ4n) is 3.75. The molecule has 1 saturated carbocycles. The molecule has 0 unspecified atom stereocenters. The lowest BCUT2D eigenvalue weighted by Gasteiger charge is -2.29. The van der Waals surface area contributed by atoms with Gasteiger partial charge in [-0.2, -0.15) is 0 Å². The quantitative estimate of drug-likeness (QED) is 0.746. The van der Waals surface area contributed by atoms with Gasteiger partial charge in [-0.3, -0.25) is 0 Å². The highest BCUT2D eigenvalue weighted by atomic mass is 19.1. The number of imidazole rings is 1. The predicted octanol–water partition coefficient (Wildman–Crippen LogP) is 5.53. The van der Waals surface area contributed by atoms with E-state index in [0.29, 0.717) is 35.5 Å². The molecule has 0 spiro atoms. The van der Waals surface area contributed by atoms with Crippen LogP contribution in [0.3, 0.4) is 0 Å². The van der Waals surface area contributed by atoms with Crippen molar-refractivity contribution in [1.82, 2.24) is 9.55 Å². The molecule has 4 nitrogen and oxygen atoms in total. The van der Waals surface area contributed by atoms with Crippen molar-refractivity contribution < 1.29 is 14.3 Å². The highest BCUT2D eigenvalue weighted by molar-refractivity contribution is 5.78. The number of carbonyl (C=O) groups is 1. The molecule has 0 bridgehead atoms. The number of rotatable bonds is 4. The predicted molar refractivity (Wildman–Crippen MR) is 112 cm³/mol. The Bertz CT molecular complexity index is 837. The van der Waals surface area contributed by atoms with E-state index >= 15 is 0 Å². The third-order valence-electron chi connectivity index (χ3n) is 4.89. The fourth-order valence-corrected chi connectivity index (χ4v) is 3.75. The monoisotopic (exact) mass is 390 g/mol. The van der Waals surface area contributed by atoms with E-state index in [-0.39, 0.29) is 17.0 Å². The first kappa shape index (κ1) is 22.5. The number of carbonyl (C=O) groups excluding carboxylic acids is 1. The summed E-state index contributed by atoms with van der Waals surface area (Å²) < 4.78 is 16.9. The molecule has 1 fully saturated rings. The number of Topliss-reactive ketones (excluding diaryl/α,β-unsaturated/α-hetero) is 1. The van der Waals surface area contributed by atoms with Crippen molar-refractivity contribution >= 4 is 16.8 Å². The van der Waals surface area contributed by atoms with Gasteiger partial charge in [-0.15, -0.1) is 0 Å². The molecule has 0 radical (unpaired) electrons. The van der Waals surface area contributed by atoms with Crippen molar-refractivity contribution in [2.24, 2.45) is 5.41 Å². The van der Waals surface area contributed by atoms with Gasteiger partial charge in [-0.05, 0) is 64.0 Å². The molecule has 1 aromatic carbocycles. The van der Waals surface area contributed by atoms with Gasteiger partial charge in [-0.25, -0.2) is 9.37 Å². The molecule has 1 aliphatic carbocycles. The minimum absolute atomic E-state index is 0.172. The van der Waals surface area contributed by atoms with Crippen LogP contribution >= 0.6 is 0 Å². The number of fused-ring (bicyclic) bond motifs is 1. The summed E-state index contributed by atoms with van der Waals surface area (Å²) in [4.78, 5) is 14.9. The maximum atomic E-state index is 14.8. The number of ketones is 1. The molecule has 156 valence electrons. The van der Waals surface area contributed by atoms with Gasteiger partial charge in [0.15, 0.2) is 5.82 Å². The Morgan fingerprint density at radius 1 is 1.25 bits per heavy atom. The zero-order chi connectivity index (χ0) is 21.3. The molecule has 3 rings (SSSR count). The summed E-state index contributed by atoms with van der Waals surface area (Å²) in [5, 5.41) is 9.92. The van der Waals surface area contributed by atoms with Crippen LogP contribution < -0.4 is 0 Å². The number of aryl methyl sites for hydroxylation is 1. The lowest BCUT2D eigenvalue weighted by molar-refractivity contribution is -0.118. The summed E-state index contributed by atoms with van der Waals surface area (Å²) in [5.74, 6) is 0.929. The summed E-state index contributed by atoms with van der Waals surface area (Å²) >= 11 is 0. The van der Waals surface area contributed by atoms with Gasteiger partial charge >= 0.3 is 0 Å². The van der Waals surface area contributed by atoms with Crippen LogP contribution in [0.15, 0.2) is 12.1 Å². The van der Waals surface area contributed by atoms with Crippen molar-refractivity contribution in [1.29, 1.82) is 0 Å². The van der Waals surface area contributed by atoms with E-state index in [1.165, 1.54) is 6.42 Å². The van der Waals surface area contributed by atoms with Gasteiger partial charge in [0.25, 0.3) is 0 Å². The first-order valence-electron chi connectivity index (χ1n) is 10.2. The molecular weight excluding hydrogens is 355 g/mol. The molecule has 1 N–H and O–H groups in total. The summed E-state index contributed by atoms with van der Waals surface area (Å²) in [7, 11) is 0. The third kappa shape index (κ3) is 5.87. The normalized spacial score (nSPS) is 15.2. The van der Waals surface area contributed by atoms with Gasteiger partial charge < -0.3 is 14.5 Å². The Kier molecular flexibility index (Phi) is 6.70. The highest BCUT2D eigenvalue weighted by Gasteiger charge is 2.26. The Labute approximate surface area is 168 Å². The Morgan fingerprint density at radius 3 is 2.25 bits per heavy atom. The van der Waals surface area contributed by atoms with Crippen molar-refractivity contribution in [3.05, 3.63) is 29.3 Å². The molecule has 1 aliphatic rings. The maximum absolute atomic E-state index is 14.8. The smallest absolute Gasteiger partial charge is 0.152 e. The number of hydrogen-bond donors (Lipinski definition) is 1. The SMILES string of the molecule is CC(=O)CC(C)(C)C.Cc1nc2ccc(CC(C)(C)O)c(F)c2n1C1CCC1. The van der Waals surface area contributed by atoms with Crippen LogP contribution in [0.2, 0.25) is 0 Å². The van der Waals surface area contributed by atoms with E-state index in [2.05, 4.69) is 25.8 Å². The van der Waals surface area contributed by atoms with Gasteiger partial charge in [0.2, 0.25) is 0 Å². The molecule has 0 atom stereocenters. The number of aliphatic hydroxyl groups is 1. The summed E-state index contributed by atoms with van der Waals surface area (Å²) in [6.45, 7) is 13.2. The maximum Gasteiger partial charge on any atom is 0.152 e. The second kappa shape index (κ2) is 8.32. The van der Waals surface area contributed by atoms with E-state index in [9.17, 15) is 14.3 Å². The van der Waals surface area contributed by atoms with Gasteiger partial charge in [0, 0.05) is 18.9 Å². The molecule has 5 heteroatoms. The van der Waals surface area contributed by atoms with Crippen LogP contribution in [0, 0.1) is 18.2 Å². The Morgan fingerprint density at radius 2 is 1.86 bits per heavy atom. The fraction of sp³-hybridized carbons (Fsp3) is 0.652. The minimum Gasteiger partial charge on any atom is -0.390 e. The average molecular weight is 391 g/mol. The largest absolute Gasteiger partial charge is 0.390 e. The zero-order valence-electron chi connectivity index (χ0n) is 18.4. The van der Waals surface area contributed by atoms with Crippen molar-refractivity contribution in [2.75, 3.05) is 0 Å². The van der Waals surface area contributed by atoms with Gasteiger partial charge in [0.05, 0.1) is 11.1 Å². The molecule has 1 aromatic heterocycles. The lowest BCUT2D eigenvalue weighted by Crippen LogP contribution is -2.23. The van der Waals surface area contributed by atoms with Crippen LogP contribution in [-0.4, -0.2) is 26.0 Å². The van der Waals surface area contributed by atoms with Crippen LogP contribution in [0.5, 0.6) is 0 Å². The van der Waals surface area contributed by atoms with Gasteiger partial charge in [-0.1, -0.05) is 26.8 Å². The van der Waals surface area contributed by atoms with Crippen molar-refractivity contribution in [3.8, 4) is 0 Å². The van der Waals surface area contributed by atoms with Crippen LogP contribution in [0.25, 0.3) is 11.0 Å². The summed E-state index contributed by atoms with van der Waals surface area (Å²) in [6, 6.07) is 3.99. The van der Waals surface area contributed by atoms with Crippen LogP contribution in [0.4, 0.5) is 4.39 Å². The standard InChI is InChI=1S/C16H21FN2O.C7H14O/c1-10-18-13-8-7-11(9-16(2,3)20)14(17)15(13)19(10)12-5-4-6-12;1-6(8)5-7(2,3)4/h7-8,12,20H,4-6,9H2,1-3H3;5H2,1-4H3. The van der Waals surface area contributed by atoms with Crippen molar-refractivity contribution in [3.63, 3.8) is 0 Å². The molecular formula is C23H35FN2O2. The molecule has 2 aromatic rings. The molecule has 0 aliphatic heterocycles. The van der Waals surface area contributed by atoms with E-state index in [0.717, 1.165) is 18.7 Å². The number of halogens is 1. The number of benzene rings is 1.